The molecule has 7 nitrogen and oxygen atoms in total. The normalized spacial score (nSPS) is 19.9. The summed E-state index contributed by atoms with van der Waals surface area (Å²) in [6.07, 6.45) is 4.02. The Kier molecular flexibility index (Phi) is 8.28. The Labute approximate surface area is 196 Å². The van der Waals surface area contributed by atoms with Gasteiger partial charge in [0.25, 0.3) is 0 Å². The van der Waals surface area contributed by atoms with E-state index in [1.165, 1.54) is 0 Å². The number of rotatable bonds is 6. The van der Waals surface area contributed by atoms with Gasteiger partial charge in [-0.25, -0.2) is 9.78 Å². The van der Waals surface area contributed by atoms with E-state index in [4.69, 9.17) is 37.8 Å². The predicted molar refractivity (Wildman–Crippen MR) is 121 cm³/mol. The second-order valence-corrected chi connectivity index (χ2v) is 7.95. The van der Waals surface area contributed by atoms with Crippen molar-refractivity contribution in [2.45, 2.75) is 31.8 Å². The number of benzene rings is 2. The molecule has 0 spiro atoms. The van der Waals surface area contributed by atoms with E-state index in [1.54, 1.807) is 54.7 Å². The van der Waals surface area contributed by atoms with Crippen molar-refractivity contribution in [2.24, 2.45) is 0 Å². The summed E-state index contributed by atoms with van der Waals surface area (Å²) in [6, 6.07) is 13.5. The van der Waals surface area contributed by atoms with Gasteiger partial charge in [-0.1, -0.05) is 54.4 Å². The number of aromatic nitrogens is 2. The minimum atomic E-state index is -1.07. The van der Waals surface area contributed by atoms with Gasteiger partial charge in [-0.2, -0.15) is 0 Å². The molecule has 3 aromatic rings. The molecule has 2 aromatic carbocycles. The molecule has 0 radical (unpaired) electrons. The third-order valence-electron chi connectivity index (χ3n) is 4.92. The lowest BCUT2D eigenvalue weighted by molar-refractivity contribution is -0.190. The van der Waals surface area contributed by atoms with Crippen LogP contribution in [0.25, 0.3) is 0 Å². The first-order valence-electron chi connectivity index (χ1n) is 10.0. The zero-order valence-electron chi connectivity index (χ0n) is 17.4. The molecule has 1 aromatic heterocycles. The quantitative estimate of drug-likeness (QED) is 0.545. The molecule has 32 heavy (non-hydrogen) atoms. The molecule has 0 saturated carbocycles. The zero-order chi connectivity index (χ0) is 23.1. The Morgan fingerprint density at radius 2 is 2.00 bits per heavy atom. The van der Waals surface area contributed by atoms with Crippen LogP contribution >= 0.6 is 23.2 Å². The van der Waals surface area contributed by atoms with Crippen molar-refractivity contribution in [3.8, 4) is 0 Å². The van der Waals surface area contributed by atoms with Crippen molar-refractivity contribution in [3.05, 3.63) is 87.9 Å². The molecule has 4 rings (SSSR count). The number of carboxylic acid groups (broad SMARTS) is 1. The molecule has 9 heteroatoms. The number of aromatic carboxylic acids is 1. The number of halogens is 2. The predicted octanol–water partition coefficient (Wildman–Crippen LogP) is 4.40. The van der Waals surface area contributed by atoms with E-state index in [9.17, 15) is 9.90 Å². The highest BCUT2D eigenvalue weighted by Crippen LogP contribution is 2.40. The number of aliphatic hydroxyl groups is 1. The van der Waals surface area contributed by atoms with Crippen molar-refractivity contribution in [2.75, 3.05) is 13.2 Å². The molecule has 1 fully saturated rings. The van der Waals surface area contributed by atoms with Crippen LogP contribution < -0.4 is 0 Å². The summed E-state index contributed by atoms with van der Waals surface area (Å²) in [7, 11) is 0. The van der Waals surface area contributed by atoms with Crippen LogP contribution in [0.4, 0.5) is 0 Å². The lowest BCUT2D eigenvalue weighted by Gasteiger charge is -2.30. The van der Waals surface area contributed by atoms with Gasteiger partial charge in [0.05, 0.1) is 30.3 Å². The van der Waals surface area contributed by atoms with E-state index < -0.39 is 17.9 Å². The molecule has 2 N–H and O–H groups in total. The molecule has 1 aliphatic heterocycles. The van der Waals surface area contributed by atoms with E-state index in [-0.39, 0.29) is 6.61 Å². The van der Waals surface area contributed by atoms with Gasteiger partial charge in [0.2, 0.25) is 5.79 Å². The van der Waals surface area contributed by atoms with E-state index in [0.717, 1.165) is 12.2 Å². The van der Waals surface area contributed by atoms with Crippen LogP contribution in [0.2, 0.25) is 10.0 Å². The minimum Gasteiger partial charge on any atom is -0.478 e. The SMILES string of the molecule is CCc1nccn1CC1(c2ccc(Cl)cc2Cl)OCC(CO)O1.O=C(O)c1ccccc1. The highest BCUT2D eigenvalue weighted by Gasteiger charge is 2.45. The maximum Gasteiger partial charge on any atom is 0.335 e. The summed E-state index contributed by atoms with van der Waals surface area (Å²) in [5, 5.41) is 18.8. The highest BCUT2D eigenvalue weighted by molar-refractivity contribution is 6.35. The standard InChI is InChI=1S/C16H18Cl2N2O3.C7H6O2/c1-2-15-19-5-6-20(15)10-16(22-9-12(8-21)23-16)13-4-3-11(17)7-14(13)18;8-7(9)6-4-2-1-3-5-6/h3-7,12,21H,2,8-10H2,1H3;1-5H,(H,8,9). The van der Waals surface area contributed by atoms with Crippen LogP contribution in [-0.4, -0.2) is 45.1 Å². The maximum absolute atomic E-state index is 10.2. The van der Waals surface area contributed by atoms with Gasteiger partial charge in [0.15, 0.2) is 0 Å². The van der Waals surface area contributed by atoms with Crippen LogP contribution in [-0.2, 0) is 28.2 Å². The minimum absolute atomic E-state index is 0.114. The number of hydrogen-bond donors (Lipinski definition) is 2. The van der Waals surface area contributed by atoms with Gasteiger partial charge in [0, 0.05) is 29.4 Å². The van der Waals surface area contributed by atoms with Crippen LogP contribution in [0.3, 0.4) is 0 Å². The lowest BCUT2D eigenvalue weighted by atomic mass is 10.1. The summed E-state index contributed by atoms with van der Waals surface area (Å²) in [5.74, 6) is -1.02. The molecule has 2 unspecified atom stereocenters. The van der Waals surface area contributed by atoms with E-state index >= 15 is 0 Å². The maximum atomic E-state index is 10.2. The Balaban J connectivity index is 0.000000269. The summed E-state index contributed by atoms with van der Waals surface area (Å²) in [6.45, 7) is 2.62. The van der Waals surface area contributed by atoms with Gasteiger partial charge in [0.1, 0.15) is 11.9 Å². The fourth-order valence-corrected chi connectivity index (χ4v) is 3.92. The number of ether oxygens (including phenoxy) is 2. The summed E-state index contributed by atoms with van der Waals surface area (Å²) < 4.78 is 14.0. The van der Waals surface area contributed by atoms with Crippen molar-refractivity contribution in [1.29, 1.82) is 0 Å². The third kappa shape index (κ3) is 5.68. The van der Waals surface area contributed by atoms with Crippen LogP contribution in [0.1, 0.15) is 28.7 Å². The second kappa shape index (κ2) is 10.9. The summed E-state index contributed by atoms with van der Waals surface area (Å²) >= 11 is 12.4. The van der Waals surface area contributed by atoms with Crippen LogP contribution in [0, 0.1) is 0 Å². The van der Waals surface area contributed by atoms with E-state index in [0.29, 0.717) is 34.3 Å². The number of carboxylic acids is 1. The molecule has 2 atom stereocenters. The number of aryl methyl sites for hydroxylation is 1. The average Bonchev–Trinajstić information content (AvgIpc) is 3.42. The first kappa shape index (κ1) is 24.2. The van der Waals surface area contributed by atoms with Crippen LogP contribution in [0.15, 0.2) is 60.9 Å². The lowest BCUT2D eigenvalue weighted by Crippen LogP contribution is -2.34. The fraction of sp³-hybridized carbons (Fsp3) is 0.304. The van der Waals surface area contributed by atoms with Crippen molar-refractivity contribution in [3.63, 3.8) is 0 Å². The molecule has 2 heterocycles. The zero-order valence-corrected chi connectivity index (χ0v) is 19.0. The van der Waals surface area contributed by atoms with Gasteiger partial charge in [-0.3, -0.25) is 0 Å². The number of aliphatic hydroxyl groups excluding tert-OH is 1. The molecule has 0 amide bonds. The Morgan fingerprint density at radius 1 is 1.25 bits per heavy atom. The number of imidazole rings is 1. The van der Waals surface area contributed by atoms with Gasteiger partial charge >= 0.3 is 5.97 Å². The smallest absolute Gasteiger partial charge is 0.335 e. The van der Waals surface area contributed by atoms with Crippen LogP contribution in [0.5, 0.6) is 0 Å². The molecule has 1 saturated heterocycles. The summed E-state index contributed by atoms with van der Waals surface area (Å²) in [4.78, 5) is 14.5. The summed E-state index contributed by atoms with van der Waals surface area (Å²) in [5.41, 5.74) is 1.02. The van der Waals surface area contributed by atoms with Crippen molar-refractivity contribution >= 4 is 29.2 Å². The van der Waals surface area contributed by atoms with Crippen molar-refractivity contribution in [1.82, 2.24) is 9.55 Å². The monoisotopic (exact) mass is 478 g/mol. The second-order valence-electron chi connectivity index (χ2n) is 7.11. The van der Waals surface area contributed by atoms with Gasteiger partial charge in [-0.05, 0) is 24.3 Å². The first-order valence-corrected chi connectivity index (χ1v) is 10.8. The fourth-order valence-electron chi connectivity index (χ4n) is 3.37. The molecule has 0 bridgehead atoms. The molecule has 1 aliphatic rings. The molecular formula is C23H24Cl2N2O5. The van der Waals surface area contributed by atoms with Gasteiger partial charge < -0.3 is 24.3 Å². The Morgan fingerprint density at radius 3 is 2.56 bits per heavy atom. The number of carbonyl (C=O) groups is 1. The molecular weight excluding hydrogens is 455 g/mol. The van der Waals surface area contributed by atoms with Crippen molar-refractivity contribution < 1.29 is 24.5 Å². The molecule has 170 valence electrons. The topological polar surface area (TPSA) is 93.8 Å². The molecule has 0 aliphatic carbocycles. The number of nitrogens with zero attached hydrogens (tertiary/aromatic N) is 2. The van der Waals surface area contributed by atoms with Gasteiger partial charge in [-0.15, -0.1) is 0 Å². The number of hydrogen-bond acceptors (Lipinski definition) is 5. The average molecular weight is 479 g/mol. The Bertz CT molecular complexity index is 1040. The Hall–Kier alpha value is -2.42. The third-order valence-corrected chi connectivity index (χ3v) is 5.47. The largest absolute Gasteiger partial charge is 0.478 e. The first-order chi connectivity index (χ1) is 15.4. The van der Waals surface area contributed by atoms with E-state index in [1.807, 2.05) is 17.7 Å². The highest BCUT2D eigenvalue weighted by atomic mass is 35.5. The van der Waals surface area contributed by atoms with E-state index in [2.05, 4.69) is 4.98 Å².